The van der Waals surface area contributed by atoms with Crippen LogP contribution in [-0.2, 0) is 5.41 Å². The van der Waals surface area contributed by atoms with Crippen LogP contribution in [0.1, 0.15) is 37.5 Å². The van der Waals surface area contributed by atoms with E-state index < -0.39 is 0 Å². The molecular formula is C14H22O2. The highest BCUT2D eigenvalue weighted by Crippen LogP contribution is 2.35. The molecule has 0 aliphatic carbocycles. The highest BCUT2D eigenvalue weighted by molar-refractivity contribution is 5.48. The molecule has 0 unspecified atom stereocenters. The Hall–Kier alpha value is -1.02. The lowest BCUT2D eigenvalue weighted by Gasteiger charge is -2.26. The summed E-state index contributed by atoms with van der Waals surface area (Å²) >= 11 is 0. The van der Waals surface area contributed by atoms with Gasteiger partial charge in [-0.1, -0.05) is 26.0 Å². The van der Waals surface area contributed by atoms with Crippen molar-refractivity contribution >= 4 is 0 Å². The van der Waals surface area contributed by atoms with Crippen molar-refractivity contribution in [2.24, 2.45) is 0 Å². The second kappa shape index (κ2) is 4.88. The molecule has 1 aromatic carbocycles. The highest BCUT2D eigenvalue weighted by atomic mass is 16.5. The number of benzene rings is 1. The Labute approximate surface area is 98.3 Å². The maximum Gasteiger partial charge on any atom is 0.126 e. The van der Waals surface area contributed by atoms with E-state index in [0.717, 1.165) is 11.3 Å². The predicted molar refractivity (Wildman–Crippen MR) is 67.2 cm³/mol. The predicted octanol–water partition coefficient (Wildman–Crippen LogP) is 2.97. The normalized spacial score (nSPS) is 11.6. The molecule has 0 saturated heterocycles. The van der Waals surface area contributed by atoms with Gasteiger partial charge in [-0.3, -0.25) is 0 Å². The summed E-state index contributed by atoms with van der Waals surface area (Å²) in [6.07, 6.45) is 0. The third kappa shape index (κ3) is 2.38. The van der Waals surface area contributed by atoms with Crippen LogP contribution in [0, 0.1) is 13.8 Å². The zero-order valence-corrected chi connectivity index (χ0v) is 10.9. The number of hydrogen-bond donors (Lipinski definition) is 1. The maximum absolute atomic E-state index is 9.44. The molecule has 16 heavy (non-hydrogen) atoms. The lowest BCUT2D eigenvalue weighted by Crippen LogP contribution is -2.23. The van der Waals surface area contributed by atoms with Gasteiger partial charge in [-0.05, 0) is 31.9 Å². The molecule has 2 heteroatoms. The molecule has 1 N–H and O–H groups in total. The van der Waals surface area contributed by atoms with Gasteiger partial charge in [-0.25, -0.2) is 0 Å². The molecule has 1 aromatic rings. The number of rotatable bonds is 4. The Kier molecular flexibility index (Phi) is 3.98. The van der Waals surface area contributed by atoms with Gasteiger partial charge in [0.25, 0.3) is 0 Å². The Morgan fingerprint density at radius 1 is 1.25 bits per heavy atom. The van der Waals surface area contributed by atoms with E-state index >= 15 is 0 Å². The van der Waals surface area contributed by atoms with Gasteiger partial charge in [0.05, 0.1) is 13.2 Å². The zero-order valence-electron chi connectivity index (χ0n) is 10.9. The van der Waals surface area contributed by atoms with E-state index in [1.807, 2.05) is 20.8 Å². The van der Waals surface area contributed by atoms with Crippen molar-refractivity contribution in [2.45, 2.75) is 40.0 Å². The van der Waals surface area contributed by atoms with Crippen LogP contribution in [0.5, 0.6) is 5.75 Å². The van der Waals surface area contributed by atoms with Crippen molar-refractivity contribution in [3.05, 3.63) is 28.8 Å². The fourth-order valence-electron chi connectivity index (χ4n) is 1.74. The van der Waals surface area contributed by atoms with Gasteiger partial charge in [0.1, 0.15) is 5.75 Å². The fourth-order valence-corrected chi connectivity index (χ4v) is 1.74. The van der Waals surface area contributed by atoms with Crippen molar-refractivity contribution in [1.82, 2.24) is 0 Å². The van der Waals surface area contributed by atoms with Gasteiger partial charge >= 0.3 is 0 Å². The quantitative estimate of drug-likeness (QED) is 0.848. The van der Waals surface area contributed by atoms with Crippen LogP contribution in [0.15, 0.2) is 12.1 Å². The van der Waals surface area contributed by atoms with Crippen molar-refractivity contribution in [1.29, 1.82) is 0 Å². The number of aryl methyl sites for hydroxylation is 1. The van der Waals surface area contributed by atoms with Gasteiger partial charge in [0.2, 0.25) is 0 Å². The smallest absolute Gasteiger partial charge is 0.126 e. The SMILES string of the molecule is CCOc1c(C(C)(C)CO)ccc(C)c1C. The topological polar surface area (TPSA) is 29.5 Å². The Morgan fingerprint density at radius 3 is 2.38 bits per heavy atom. The molecule has 0 aliphatic heterocycles. The number of aliphatic hydroxyl groups excluding tert-OH is 1. The summed E-state index contributed by atoms with van der Waals surface area (Å²) in [5, 5.41) is 9.44. The van der Waals surface area contributed by atoms with Crippen molar-refractivity contribution in [3.63, 3.8) is 0 Å². The first kappa shape index (κ1) is 13.0. The molecule has 0 amide bonds. The third-order valence-corrected chi connectivity index (χ3v) is 3.09. The van der Waals surface area contributed by atoms with E-state index in [2.05, 4.69) is 26.0 Å². The third-order valence-electron chi connectivity index (χ3n) is 3.09. The Bertz CT molecular complexity index is 367. The monoisotopic (exact) mass is 222 g/mol. The molecule has 0 spiro atoms. The summed E-state index contributed by atoms with van der Waals surface area (Å²) in [6, 6.07) is 4.15. The Balaban J connectivity index is 3.33. The van der Waals surface area contributed by atoms with Crippen LogP contribution >= 0.6 is 0 Å². The first-order valence-electron chi connectivity index (χ1n) is 5.78. The Morgan fingerprint density at radius 2 is 1.88 bits per heavy atom. The van der Waals surface area contributed by atoms with Crippen LogP contribution in [0.2, 0.25) is 0 Å². The van der Waals surface area contributed by atoms with Gasteiger partial charge in [-0.2, -0.15) is 0 Å². The summed E-state index contributed by atoms with van der Waals surface area (Å²) in [6.45, 7) is 11.0. The molecule has 0 aliphatic rings. The molecule has 0 heterocycles. The van der Waals surface area contributed by atoms with Crippen LogP contribution in [0.25, 0.3) is 0 Å². The van der Waals surface area contributed by atoms with E-state index in [0.29, 0.717) is 6.61 Å². The van der Waals surface area contributed by atoms with E-state index in [1.165, 1.54) is 11.1 Å². The van der Waals surface area contributed by atoms with E-state index in [4.69, 9.17) is 4.74 Å². The van der Waals surface area contributed by atoms with Crippen molar-refractivity contribution < 1.29 is 9.84 Å². The van der Waals surface area contributed by atoms with Crippen LogP contribution in [0.3, 0.4) is 0 Å². The lowest BCUT2D eigenvalue weighted by atomic mass is 9.83. The zero-order chi connectivity index (χ0) is 12.3. The van der Waals surface area contributed by atoms with Gasteiger partial charge in [-0.15, -0.1) is 0 Å². The number of ether oxygens (including phenoxy) is 1. The largest absolute Gasteiger partial charge is 0.493 e. The van der Waals surface area contributed by atoms with Gasteiger partial charge in [0, 0.05) is 11.0 Å². The molecule has 0 radical (unpaired) electrons. The van der Waals surface area contributed by atoms with Gasteiger partial charge in [0.15, 0.2) is 0 Å². The summed E-state index contributed by atoms with van der Waals surface area (Å²) < 4.78 is 5.73. The van der Waals surface area contributed by atoms with Crippen molar-refractivity contribution in [3.8, 4) is 5.75 Å². The average Bonchev–Trinajstić information content (AvgIpc) is 2.25. The minimum absolute atomic E-state index is 0.121. The molecule has 0 saturated carbocycles. The van der Waals surface area contributed by atoms with Crippen molar-refractivity contribution in [2.75, 3.05) is 13.2 Å². The average molecular weight is 222 g/mol. The number of aliphatic hydroxyl groups is 1. The second-order valence-corrected chi connectivity index (χ2v) is 4.86. The minimum Gasteiger partial charge on any atom is -0.493 e. The summed E-state index contributed by atoms with van der Waals surface area (Å²) in [7, 11) is 0. The molecule has 0 aromatic heterocycles. The molecule has 0 bridgehead atoms. The first-order chi connectivity index (χ1) is 7.44. The number of hydrogen-bond acceptors (Lipinski definition) is 2. The summed E-state index contributed by atoms with van der Waals surface area (Å²) in [4.78, 5) is 0. The molecule has 90 valence electrons. The second-order valence-electron chi connectivity index (χ2n) is 4.86. The summed E-state index contributed by atoms with van der Waals surface area (Å²) in [5.74, 6) is 0.932. The van der Waals surface area contributed by atoms with Crippen LogP contribution in [0.4, 0.5) is 0 Å². The standard InChI is InChI=1S/C14H22O2/c1-6-16-13-11(3)10(2)7-8-12(13)14(4,5)9-15/h7-8,15H,6,9H2,1-5H3. The van der Waals surface area contributed by atoms with Gasteiger partial charge < -0.3 is 9.84 Å². The van der Waals surface area contributed by atoms with Crippen LogP contribution in [-0.4, -0.2) is 18.3 Å². The molecule has 1 rings (SSSR count). The van der Waals surface area contributed by atoms with E-state index in [1.54, 1.807) is 0 Å². The molecule has 0 fully saturated rings. The maximum atomic E-state index is 9.44. The fraction of sp³-hybridized carbons (Fsp3) is 0.571. The first-order valence-corrected chi connectivity index (χ1v) is 5.78. The molecular weight excluding hydrogens is 200 g/mol. The minimum atomic E-state index is -0.261. The van der Waals surface area contributed by atoms with Crippen LogP contribution < -0.4 is 4.74 Å². The van der Waals surface area contributed by atoms with E-state index in [9.17, 15) is 5.11 Å². The summed E-state index contributed by atoms with van der Waals surface area (Å²) in [5.41, 5.74) is 3.21. The molecule has 2 nitrogen and oxygen atoms in total. The molecule has 0 atom stereocenters. The van der Waals surface area contributed by atoms with E-state index in [-0.39, 0.29) is 12.0 Å². The lowest BCUT2D eigenvalue weighted by molar-refractivity contribution is 0.212. The highest BCUT2D eigenvalue weighted by Gasteiger charge is 2.25.